The van der Waals surface area contributed by atoms with E-state index >= 15 is 0 Å². The molecule has 27 heavy (non-hydrogen) atoms. The normalized spacial score (nSPS) is 27.4. The molecule has 2 atom stereocenters. The molecule has 152 valence electrons. The van der Waals surface area contributed by atoms with Crippen LogP contribution in [0.5, 0.6) is 0 Å². The first-order valence-corrected chi connectivity index (χ1v) is 10.7. The van der Waals surface area contributed by atoms with Gasteiger partial charge in [0.1, 0.15) is 6.04 Å². The minimum absolute atomic E-state index is 0.0107. The Labute approximate surface area is 162 Å². The predicted molar refractivity (Wildman–Crippen MR) is 104 cm³/mol. The van der Waals surface area contributed by atoms with E-state index in [-0.39, 0.29) is 29.2 Å². The third-order valence-electron chi connectivity index (χ3n) is 6.92. The Morgan fingerprint density at radius 2 is 1.78 bits per heavy atom. The van der Waals surface area contributed by atoms with Crippen LogP contribution < -0.4 is 10.6 Å². The highest BCUT2D eigenvalue weighted by molar-refractivity contribution is 5.89. The first-order valence-electron chi connectivity index (χ1n) is 10.7. The van der Waals surface area contributed by atoms with E-state index < -0.39 is 6.04 Å². The van der Waals surface area contributed by atoms with Crippen molar-refractivity contribution in [1.82, 2.24) is 15.5 Å². The molecule has 0 radical (unpaired) electrons. The molecule has 6 heteroatoms. The molecule has 0 aromatic carbocycles. The molecule has 0 aromatic rings. The number of likely N-dealkylation sites (tertiary alicyclic amines) is 1. The molecule has 1 aliphatic carbocycles. The molecule has 2 N–H and O–H groups in total. The lowest BCUT2D eigenvalue weighted by atomic mass is 9.68. The largest absolute Gasteiger partial charge is 0.351 e. The number of amides is 3. The lowest BCUT2D eigenvalue weighted by Gasteiger charge is -2.50. The van der Waals surface area contributed by atoms with Crippen molar-refractivity contribution in [3.8, 4) is 0 Å². The molecule has 3 rings (SSSR count). The van der Waals surface area contributed by atoms with Crippen LogP contribution in [0.15, 0.2) is 0 Å². The van der Waals surface area contributed by atoms with Crippen molar-refractivity contribution < 1.29 is 14.4 Å². The highest BCUT2D eigenvalue weighted by Crippen LogP contribution is 2.38. The molecule has 2 aliphatic heterocycles. The third-order valence-corrected chi connectivity index (χ3v) is 6.92. The number of nitrogens with one attached hydrogen (secondary N) is 2. The quantitative estimate of drug-likeness (QED) is 0.721. The lowest BCUT2D eigenvalue weighted by Crippen LogP contribution is -2.68. The van der Waals surface area contributed by atoms with E-state index in [2.05, 4.69) is 10.6 Å². The van der Waals surface area contributed by atoms with E-state index in [0.717, 1.165) is 25.7 Å². The summed E-state index contributed by atoms with van der Waals surface area (Å²) in [4.78, 5) is 38.6. The summed E-state index contributed by atoms with van der Waals surface area (Å²) in [6.07, 6.45) is 8.36. The van der Waals surface area contributed by atoms with E-state index in [9.17, 15) is 14.4 Å². The van der Waals surface area contributed by atoms with E-state index in [4.69, 9.17) is 0 Å². The van der Waals surface area contributed by atoms with Gasteiger partial charge in [0.05, 0.1) is 5.41 Å². The van der Waals surface area contributed by atoms with Crippen molar-refractivity contribution in [3.63, 3.8) is 0 Å². The maximum absolute atomic E-state index is 12.7. The van der Waals surface area contributed by atoms with Gasteiger partial charge in [-0.2, -0.15) is 0 Å². The molecule has 2 heterocycles. The zero-order valence-corrected chi connectivity index (χ0v) is 17.1. The van der Waals surface area contributed by atoms with Gasteiger partial charge in [0, 0.05) is 25.6 Å². The van der Waals surface area contributed by atoms with Crippen molar-refractivity contribution in [2.45, 2.75) is 84.2 Å². The second kappa shape index (κ2) is 8.19. The van der Waals surface area contributed by atoms with Crippen LogP contribution in [-0.4, -0.2) is 47.8 Å². The van der Waals surface area contributed by atoms with Gasteiger partial charge in [-0.05, 0) is 58.3 Å². The highest BCUT2D eigenvalue weighted by atomic mass is 16.2. The maximum Gasteiger partial charge on any atom is 0.244 e. The van der Waals surface area contributed by atoms with Crippen LogP contribution in [0, 0.1) is 17.3 Å². The number of piperidine rings is 1. The number of carbonyl (C=O) groups is 3. The summed E-state index contributed by atoms with van der Waals surface area (Å²) in [6.45, 7) is 7.20. The molecule has 0 bridgehead atoms. The topological polar surface area (TPSA) is 78.5 Å². The fourth-order valence-electron chi connectivity index (χ4n) is 5.02. The van der Waals surface area contributed by atoms with Gasteiger partial charge in [-0.15, -0.1) is 0 Å². The first-order chi connectivity index (χ1) is 12.8. The third kappa shape index (κ3) is 4.46. The van der Waals surface area contributed by atoms with E-state index in [1.807, 2.05) is 18.7 Å². The van der Waals surface area contributed by atoms with Gasteiger partial charge >= 0.3 is 0 Å². The zero-order valence-electron chi connectivity index (χ0n) is 17.1. The summed E-state index contributed by atoms with van der Waals surface area (Å²) >= 11 is 0. The fourth-order valence-corrected chi connectivity index (χ4v) is 5.02. The van der Waals surface area contributed by atoms with Gasteiger partial charge in [-0.1, -0.05) is 19.3 Å². The minimum atomic E-state index is -0.461. The van der Waals surface area contributed by atoms with Gasteiger partial charge in [0.2, 0.25) is 17.7 Å². The summed E-state index contributed by atoms with van der Waals surface area (Å²) < 4.78 is 0. The van der Waals surface area contributed by atoms with Gasteiger partial charge in [-0.25, -0.2) is 0 Å². The fraction of sp³-hybridized carbons (Fsp3) is 0.857. The Hall–Kier alpha value is -1.59. The Kier molecular flexibility index (Phi) is 6.11. The van der Waals surface area contributed by atoms with Crippen LogP contribution in [0.25, 0.3) is 0 Å². The van der Waals surface area contributed by atoms with Crippen LogP contribution in [0.3, 0.4) is 0 Å². The second-order valence-corrected chi connectivity index (χ2v) is 9.33. The van der Waals surface area contributed by atoms with E-state index in [1.165, 1.54) is 19.3 Å². The predicted octanol–water partition coefficient (Wildman–Crippen LogP) is 2.22. The molecule has 0 spiro atoms. The van der Waals surface area contributed by atoms with Crippen LogP contribution in [-0.2, 0) is 14.4 Å². The number of hydrogen-bond acceptors (Lipinski definition) is 3. The highest BCUT2D eigenvalue weighted by Gasteiger charge is 2.51. The van der Waals surface area contributed by atoms with Crippen molar-refractivity contribution in [2.75, 3.05) is 13.1 Å². The van der Waals surface area contributed by atoms with Crippen LogP contribution in [0.4, 0.5) is 0 Å². The summed E-state index contributed by atoms with van der Waals surface area (Å²) in [7, 11) is 0. The molecular weight excluding hydrogens is 342 g/mol. The average Bonchev–Trinajstić information content (AvgIpc) is 2.66. The zero-order chi connectivity index (χ0) is 19.6. The molecule has 6 nitrogen and oxygen atoms in total. The molecule has 0 aromatic heterocycles. The maximum atomic E-state index is 12.7. The number of hydrogen-bond donors (Lipinski definition) is 2. The SMILES string of the molecule is CC(NC(=O)CC1CCCCC1)C(=O)N1CCC(C2NC(=O)C2(C)C)CC1. The minimum Gasteiger partial charge on any atom is -0.351 e. The molecule has 2 saturated heterocycles. The van der Waals surface area contributed by atoms with Crippen molar-refractivity contribution in [2.24, 2.45) is 17.3 Å². The summed E-state index contributed by atoms with van der Waals surface area (Å²) in [5.41, 5.74) is -0.294. The van der Waals surface area contributed by atoms with Crippen LogP contribution in [0.1, 0.15) is 72.1 Å². The van der Waals surface area contributed by atoms with Crippen molar-refractivity contribution in [3.05, 3.63) is 0 Å². The number of rotatable bonds is 5. The van der Waals surface area contributed by atoms with Gasteiger partial charge in [-0.3, -0.25) is 14.4 Å². The monoisotopic (exact) mass is 377 g/mol. The van der Waals surface area contributed by atoms with Crippen molar-refractivity contribution in [1.29, 1.82) is 0 Å². The van der Waals surface area contributed by atoms with E-state index in [0.29, 0.717) is 31.3 Å². The van der Waals surface area contributed by atoms with Crippen LogP contribution >= 0.6 is 0 Å². The van der Waals surface area contributed by atoms with Gasteiger partial charge in [0.15, 0.2) is 0 Å². The second-order valence-electron chi connectivity index (χ2n) is 9.33. The summed E-state index contributed by atoms with van der Waals surface area (Å²) in [5, 5.41) is 5.95. The smallest absolute Gasteiger partial charge is 0.244 e. The number of β-lactam (4-membered cyclic amide) rings is 1. The average molecular weight is 378 g/mol. The summed E-state index contributed by atoms with van der Waals surface area (Å²) in [6, 6.07) is -0.243. The lowest BCUT2D eigenvalue weighted by molar-refractivity contribution is -0.147. The molecular formula is C21H35N3O3. The van der Waals surface area contributed by atoms with Crippen LogP contribution in [0.2, 0.25) is 0 Å². The molecule has 2 unspecified atom stereocenters. The number of carbonyl (C=O) groups excluding carboxylic acids is 3. The Balaban J connectivity index is 1.41. The first kappa shape index (κ1) is 20.2. The summed E-state index contributed by atoms with van der Waals surface area (Å²) in [5.74, 6) is 1.06. The van der Waals surface area contributed by atoms with Gasteiger partial charge < -0.3 is 15.5 Å². The Bertz CT molecular complexity index is 575. The van der Waals surface area contributed by atoms with Gasteiger partial charge in [0.25, 0.3) is 0 Å². The van der Waals surface area contributed by atoms with Crippen molar-refractivity contribution >= 4 is 17.7 Å². The molecule has 3 amide bonds. The Morgan fingerprint density at radius 3 is 2.33 bits per heavy atom. The standard InChI is InChI=1S/C21H35N3O3/c1-14(22-17(25)13-15-7-5-4-6-8-15)19(26)24-11-9-16(10-12-24)18-21(2,3)20(27)23-18/h14-16,18H,4-13H2,1-3H3,(H,22,25)(H,23,27). The molecule has 3 aliphatic rings. The van der Waals surface area contributed by atoms with E-state index in [1.54, 1.807) is 6.92 Å². The molecule has 3 fully saturated rings. The Morgan fingerprint density at radius 1 is 1.15 bits per heavy atom. The molecule has 1 saturated carbocycles. The number of nitrogens with zero attached hydrogens (tertiary/aromatic N) is 1.